The average molecular weight is 495 g/mol. The first-order chi connectivity index (χ1) is 17.5. The first-order valence-electron chi connectivity index (χ1n) is 11.5. The van der Waals surface area contributed by atoms with Crippen LogP contribution in [0.15, 0.2) is 54.2 Å². The van der Waals surface area contributed by atoms with Crippen molar-refractivity contribution in [1.82, 2.24) is 19.7 Å². The zero-order valence-electron chi connectivity index (χ0n) is 19.6. The van der Waals surface area contributed by atoms with E-state index in [1.54, 1.807) is 35.4 Å². The summed E-state index contributed by atoms with van der Waals surface area (Å²) in [5, 5.41) is 15.5. The largest absolute Gasteiger partial charge is 0.460 e. The Labute approximate surface area is 207 Å². The number of halogens is 1. The summed E-state index contributed by atoms with van der Waals surface area (Å²) in [6.07, 6.45) is 7.91. The number of nitrogens with two attached hydrogens (primary N) is 1. The number of benzene rings is 1. The van der Waals surface area contributed by atoms with Crippen LogP contribution in [0.4, 0.5) is 10.3 Å². The highest BCUT2D eigenvalue weighted by Crippen LogP contribution is 2.26. The maximum absolute atomic E-state index is 15.0. The van der Waals surface area contributed by atoms with Gasteiger partial charge in [-0.05, 0) is 6.07 Å². The number of carbonyl (C=O) groups is 1. The Morgan fingerprint density at radius 2 is 1.97 bits per heavy atom. The summed E-state index contributed by atoms with van der Waals surface area (Å²) >= 11 is 0. The molecule has 2 aromatic heterocycles. The third kappa shape index (κ3) is 6.62. The van der Waals surface area contributed by atoms with Crippen molar-refractivity contribution in [2.45, 2.75) is 32.4 Å². The molecule has 4 rings (SSSR count). The zero-order valence-corrected chi connectivity index (χ0v) is 19.6. The molecule has 0 unspecified atom stereocenters. The maximum Gasteiger partial charge on any atom is 0.313 e. The second-order valence-electron chi connectivity index (χ2n) is 8.16. The van der Waals surface area contributed by atoms with Crippen molar-refractivity contribution in [2.75, 3.05) is 24.6 Å². The van der Waals surface area contributed by atoms with Gasteiger partial charge in [0.2, 0.25) is 5.95 Å². The Morgan fingerprint density at radius 1 is 1.19 bits per heavy atom. The molecule has 0 radical (unpaired) electrons. The van der Waals surface area contributed by atoms with Crippen LogP contribution in [0.3, 0.4) is 0 Å². The first-order valence-corrected chi connectivity index (χ1v) is 11.5. The molecule has 1 fully saturated rings. The maximum atomic E-state index is 15.0. The third-order valence-corrected chi connectivity index (χ3v) is 5.54. The van der Waals surface area contributed by atoms with Gasteiger partial charge in [0.05, 0.1) is 12.3 Å². The number of aromatic nitrogens is 4. The molecule has 0 spiro atoms. The molecule has 12 heteroatoms. The van der Waals surface area contributed by atoms with E-state index in [1.807, 2.05) is 17.2 Å². The van der Waals surface area contributed by atoms with Crippen LogP contribution in [-0.4, -0.2) is 57.0 Å². The monoisotopic (exact) mass is 494 g/mol. The molecule has 3 N–H and O–H groups in total. The predicted molar refractivity (Wildman–Crippen MR) is 131 cm³/mol. The molecule has 1 aliphatic heterocycles. The van der Waals surface area contributed by atoms with Gasteiger partial charge in [0.25, 0.3) is 0 Å². The molecule has 0 amide bonds. The minimum absolute atomic E-state index is 0.211. The molecular weight excluding hydrogens is 467 g/mol. The van der Waals surface area contributed by atoms with Gasteiger partial charge in [-0.1, -0.05) is 23.4 Å². The van der Waals surface area contributed by atoms with Gasteiger partial charge >= 0.3 is 5.97 Å². The number of piperidine rings is 1. The van der Waals surface area contributed by atoms with Crippen LogP contribution in [0.5, 0.6) is 0 Å². The number of oxime groups is 1. The molecule has 0 aliphatic carbocycles. The van der Waals surface area contributed by atoms with Crippen molar-refractivity contribution in [3.8, 4) is 11.1 Å². The summed E-state index contributed by atoms with van der Waals surface area (Å²) < 4.78 is 21.8. The molecule has 11 nitrogen and oxygen atoms in total. The quantitative estimate of drug-likeness (QED) is 0.144. The molecular formula is C24H27FN8O3. The molecule has 1 saturated heterocycles. The van der Waals surface area contributed by atoms with Gasteiger partial charge in [0.1, 0.15) is 31.3 Å². The van der Waals surface area contributed by atoms with Gasteiger partial charge in [0, 0.05) is 67.4 Å². The number of hydrogen-bond donors (Lipinski definition) is 2. The molecule has 188 valence electrons. The Bertz CT molecular complexity index is 1200. The Kier molecular flexibility index (Phi) is 8.16. The molecule has 0 saturated carbocycles. The molecule has 3 aromatic rings. The van der Waals surface area contributed by atoms with Crippen LogP contribution in [0, 0.1) is 11.2 Å². The van der Waals surface area contributed by atoms with Gasteiger partial charge in [-0.2, -0.15) is 5.10 Å². The lowest BCUT2D eigenvalue weighted by atomic mass is 10.0. The van der Waals surface area contributed by atoms with Crippen LogP contribution < -0.4 is 10.6 Å². The van der Waals surface area contributed by atoms with Gasteiger partial charge in [-0.15, -0.1) is 0 Å². The van der Waals surface area contributed by atoms with E-state index in [0.29, 0.717) is 43.3 Å². The Morgan fingerprint density at radius 3 is 2.67 bits per heavy atom. The normalized spacial score (nSPS) is 13.4. The number of ether oxygens (including phenoxy) is 1. The number of carbonyl (C=O) groups excluding carboxylic acids is 1. The van der Waals surface area contributed by atoms with Gasteiger partial charge < -0.3 is 20.2 Å². The number of esters is 1. The smallest absolute Gasteiger partial charge is 0.313 e. The lowest BCUT2D eigenvalue weighted by molar-refractivity contribution is -0.143. The molecule has 36 heavy (non-hydrogen) atoms. The standard InChI is InChI=1S/C24H27FN8O3/c25-23-17(16-35-22(34)13-21(26)27)3-1-4-20(23)18-14-28-24(29-15-18)32-9-5-19(6-10-32)31-36-12-11-33-8-2-7-30-33/h1-4,7-8,14-15H,5-6,9-13,16H2,(H3,26,27). The highest BCUT2D eigenvalue weighted by molar-refractivity contribution is 5.94. The SMILES string of the molecule is N=C(N)CC(=O)OCc1cccc(-c2cnc(N3CCC(=NOCCn4cccn4)CC3)nc2)c1F. The minimum atomic E-state index is -0.685. The van der Waals surface area contributed by atoms with Crippen molar-refractivity contribution in [3.05, 3.63) is 60.4 Å². The van der Waals surface area contributed by atoms with Crippen molar-refractivity contribution < 1.29 is 18.8 Å². The first kappa shape index (κ1) is 24.8. The van der Waals surface area contributed by atoms with Gasteiger partial charge in [0.15, 0.2) is 0 Å². The van der Waals surface area contributed by atoms with E-state index in [0.717, 1.165) is 18.6 Å². The topological polar surface area (TPSA) is 145 Å². The van der Waals surface area contributed by atoms with Crippen LogP contribution in [0.2, 0.25) is 0 Å². The minimum Gasteiger partial charge on any atom is -0.460 e. The van der Waals surface area contributed by atoms with Crippen molar-refractivity contribution in [3.63, 3.8) is 0 Å². The van der Waals surface area contributed by atoms with E-state index >= 15 is 4.39 Å². The fourth-order valence-corrected chi connectivity index (χ4v) is 3.66. The second-order valence-corrected chi connectivity index (χ2v) is 8.16. The number of rotatable bonds is 10. The summed E-state index contributed by atoms with van der Waals surface area (Å²) in [7, 11) is 0. The summed E-state index contributed by atoms with van der Waals surface area (Å²) in [5.74, 6) is -0.947. The van der Waals surface area contributed by atoms with E-state index in [4.69, 9.17) is 20.7 Å². The number of nitrogens with zero attached hydrogens (tertiary/aromatic N) is 6. The molecule has 3 heterocycles. The van der Waals surface area contributed by atoms with Gasteiger partial charge in [-0.3, -0.25) is 14.9 Å². The van der Waals surface area contributed by atoms with Crippen LogP contribution in [0.25, 0.3) is 11.1 Å². The second kappa shape index (κ2) is 11.9. The molecule has 0 bridgehead atoms. The summed E-state index contributed by atoms with van der Waals surface area (Å²) in [6, 6.07) is 6.68. The van der Waals surface area contributed by atoms with Crippen LogP contribution in [0.1, 0.15) is 24.8 Å². The lowest BCUT2D eigenvalue weighted by Crippen LogP contribution is -2.35. The fourth-order valence-electron chi connectivity index (χ4n) is 3.66. The Balaban J connectivity index is 1.30. The summed E-state index contributed by atoms with van der Waals surface area (Å²) in [6.45, 7) is 2.25. The highest BCUT2D eigenvalue weighted by atomic mass is 19.1. The Hall–Kier alpha value is -4.35. The average Bonchev–Trinajstić information content (AvgIpc) is 3.40. The highest BCUT2D eigenvalue weighted by Gasteiger charge is 2.19. The summed E-state index contributed by atoms with van der Waals surface area (Å²) in [5.41, 5.74) is 7.20. The van der Waals surface area contributed by atoms with Gasteiger partial charge in [-0.25, -0.2) is 14.4 Å². The van der Waals surface area contributed by atoms with Crippen molar-refractivity contribution in [1.29, 1.82) is 5.41 Å². The van der Waals surface area contributed by atoms with E-state index in [-0.39, 0.29) is 24.4 Å². The van der Waals surface area contributed by atoms with E-state index in [1.165, 1.54) is 6.07 Å². The number of amidine groups is 1. The van der Waals surface area contributed by atoms with Crippen LogP contribution in [-0.2, 0) is 27.5 Å². The number of anilines is 1. The lowest BCUT2D eigenvalue weighted by Gasteiger charge is -2.27. The zero-order chi connectivity index (χ0) is 25.3. The molecule has 1 aliphatic rings. The van der Waals surface area contributed by atoms with E-state index in [9.17, 15) is 4.79 Å². The number of hydrogen-bond acceptors (Lipinski definition) is 9. The predicted octanol–water partition coefficient (Wildman–Crippen LogP) is 2.52. The van der Waals surface area contributed by atoms with E-state index < -0.39 is 11.8 Å². The molecule has 0 atom stereocenters. The van der Waals surface area contributed by atoms with Crippen molar-refractivity contribution in [2.24, 2.45) is 10.9 Å². The fraction of sp³-hybridized carbons (Fsp3) is 0.333. The molecule has 1 aromatic carbocycles. The van der Waals surface area contributed by atoms with Crippen molar-refractivity contribution >= 4 is 23.5 Å². The number of nitrogens with one attached hydrogen (secondary N) is 1. The van der Waals surface area contributed by atoms with Crippen LogP contribution >= 0.6 is 0 Å². The van der Waals surface area contributed by atoms with E-state index in [2.05, 4.69) is 20.2 Å². The third-order valence-electron chi connectivity index (χ3n) is 5.54. The summed E-state index contributed by atoms with van der Waals surface area (Å²) in [4.78, 5) is 27.9.